The molecule has 0 aromatic carbocycles. The summed E-state index contributed by atoms with van der Waals surface area (Å²) in [5, 5.41) is 0. The fourth-order valence-corrected chi connectivity index (χ4v) is 7.53. The Kier molecular flexibility index (Phi) is 48.3. The van der Waals surface area contributed by atoms with Crippen LogP contribution in [-0.4, -0.2) is 37.2 Å². The van der Waals surface area contributed by atoms with E-state index < -0.39 is 6.10 Å². The minimum absolute atomic E-state index is 0.0809. The molecule has 0 rings (SSSR count). The van der Waals surface area contributed by atoms with Gasteiger partial charge in [0.05, 0.1) is 0 Å². The van der Waals surface area contributed by atoms with Crippen molar-refractivity contribution in [3.05, 3.63) is 36.5 Å². The molecule has 0 N–H and O–H groups in total. The highest BCUT2D eigenvalue weighted by Gasteiger charge is 2.19. The molecule has 0 amide bonds. The molecule has 0 saturated heterocycles. The predicted octanol–water partition coefficient (Wildman–Crippen LogP) is 17.3. The van der Waals surface area contributed by atoms with E-state index in [2.05, 4.69) is 57.2 Å². The van der Waals surface area contributed by atoms with Gasteiger partial charge in [-0.2, -0.15) is 0 Å². The number of carbonyl (C=O) groups excluding carboxylic acids is 3. The Morgan fingerprint density at radius 1 is 0.311 bits per heavy atom. The number of rotatable bonds is 48. The van der Waals surface area contributed by atoms with Crippen LogP contribution in [0.4, 0.5) is 0 Å². The molecule has 0 aromatic heterocycles. The number of unbranched alkanes of at least 4 members (excludes halogenated alkanes) is 31. The number of esters is 3. The standard InChI is InChI=1S/C55H100O6/c1-4-7-10-13-16-19-22-24-26-28-30-33-36-39-42-45-48-54(57)60-51-52(50-59-53(56)47-44-41-38-35-32-21-18-15-12-9-6-3)61-55(58)49-46-43-40-37-34-31-29-27-25-23-20-17-14-11-8-5-2/h15,18,26-29,52H,4-14,16-17,19-25,30-51H2,1-3H3/b18-15-,28-26-,29-27-/t52-/m1/s1. The summed E-state index contributed by atoms with van der Waals surface area (Å²) in [7, 11) is 0. The van der Waals surface area contributed by atoms with Crippen LogP contribution in [0.15, 0.2) is 36.5 Å². The largest absolute Gasteiger partial charge is 0.462 e. The predicted molar refractivity (Wildman–Crippen MR) is 261 cm³/mol. The molecule has 0 heterocycles. The second kappa shape index (κ2) is 50.3. The van der Waals surface area contributed by atoms with Gasteiger partial charge in [-0.05, 0) is 89.9 Å². The summed E-state index contributed by atoms with van der Waals surface area (Å²) in [4.78, 5) is 37.9. The highest BCUT2D eigenvalue weighted by Crippen LogP contribution is 2.15. The summed E-state index contributed by atoms with van der Waals surface area (Å²) in [6, 6.07) is 0. The third kappa shape index (κ3) is 48.5. The molecule has 0 aliphatic carbocycles. The molecular weight excluding hydrogens is 757 g/mol. The summed E-state index contributed by atoms with van der Waals surface area (Å²) in [6.45, 7) is 6.59. The van der Waals surface area contributed by atoms with Gasteiger partial charge in [0.1, 0.15) is 13.2 Å². The molecule has 0 spiro atoms. The lowest BCUT2D eigenvalue weighted by Gasteiger charge is -2.18. The van der Waals surface area contributed by atoms with Crippen LogP contribution >= 0.6 is 0 Å². The van der Waals surface area contributed by atoms with Crippen molar-refractivity contribution in [2.24, 2.45) is 0 Å². The first-order valence-corrected chi connectivity index (χ1v) is 26.5. The van der Waals surface area contributed by atoms with Crippen LogP contribution in [0.2, 0.25) is 0 Å². The lowest BCUT2D eigenvalue weighted by atomic mass is 10.1. The highest BCUT2D eigenvalue weighted by molar-refractivity contribution is 5.71. The van der Waals surface area contributed by atoms with E-state index in [1.807, 2.05) is 0 Å². The molecule has 1 atom stereocenters. The molecule has 6 nitrogen and oxygen atoms in total. The van der Waals surface area contributed by atoms with Gasteiger partial charge in [0, 0.05) is 19.3 Å². The zero-order chi connectivity index (χ0) is 44.4. The maximum atomic E-state index is 12.8. The van der Waals surface area contributed by atoms with Crippen molar-refractivity contribution in [2.45, 2.75) is 284 Å². The Morgan fingerprint density at radius 3 is 0.869 bits per heavy atom. The van der Waals surface area contributed by atoms with E-state index in [1.54, 1.807) is 0 Å². The van der Waals surface area contributed by atoms with E-state index in [9.17, 15) is 14.4 Å². The van der Waals surface area contributed by atoms with Crippen LogP contribution in [0.1, 0.15) is 278 Å². The molecule has 0 aliphatic heterocycles. The van der Waals surface area contributed by atoms with Crippen molar-refractivity contribution in [3.8, 4) is 0 Å². The van der Waals surface area contributed by atoms with Gasteiger partial charge >= 0.3 is 17.9 Å². The zero-order valence-electron chi connectivity index (χ0n) is 40.7. The Labute approximate surface area is 378 Å². The Hall–Kier alpha value is -2.37. The first kappa shape index (κ1) is 58.6. The van der Waals surface area contributed by atoms with Gasteiger partial charge in [-0.1, -0.05) is 205 Å². The number of ether oxygens (including phenoxy) is 3. The maximum absolute atomic E-state index is 12.8. The smallest absolute Gasteiger partial charge is 0.306 e. The summed E-state index contributed by atoms with van der Waals surface area (Å²) in [5.41, 5.74) is 0. The molecule has 0 unspecified atom stereocenters. The normalized spacial score (nSPS) is 12.2. The summed E-state index contributed by atoms with van der Waals surface area (Å²) in [5.74, 6) is -0.898. The van der Waals surface area contributed by atoms with Gasteiger partial charge in [0.2, 0.25) is 0 Å². The lowest BCUT2D eigenvalue weighted by molar-refractivity contribution is -0.167. The monoisotopic (exact) mass is 857 g/mol. The van der Waals surface area contributed by atoms with Gasteiger partial charge in [-0.3, -0.25) is 14.4 Å². The molecule has 356 valence electrons. The second-order valence-electron chi connectivity index (χ2n) is 17.8. The highest BCUT2D eigenvalue weighted by atomic mass is 16.6. The van der Waals surface area contributed by atoms with Crippen molar-refractivity contribution in [2.75, 3.05) is 13.2 Å². The first-order valence-electron chi connectivity index (χ1n) is 26.5. The topological polar surface area (TPSA) is 78.9 Å². The molecule has 0 radical (unpaired) electrons. The summed E-state index contributed by atoms with van der Waals surface area (Å²) in [6.07, 6.45) is 58.4. The third-order valence-corrected chi connectivity index (χ3v) is 11.6. The summed E-state index contributed by atoms with van der Waals surface area (Å²) >= 11 is 0. The van der Waals surface area contributed by atoms with E-state index in [0.717, 1.165) is 77.0 Å². The van der Waals surface area contributed by atoms with Crippen LogP contribution in [-0.2, 0) is 28.6 Å². The summed E-state index contributed by atoms with van der Waals surface area (Å²) < 4.78 is 16.8. The Balaban J connectivity index is 4.37. The van der Waals surface area contributed by atoms with Crippen molar-refractivity contribution in [1.29, 1.82) is 0 Å². The van der Waals surface area contributed by atoms with Crippen molar-refractivity contribution in [1.82, 2.24) is 0 Å². The average Bonchev–Trinajstić information content (AvgIpc) is 3.26. The van der Waals surface area contributed by atoms with Gasteiger partial charge in [0.15, 0.2) is 6.10 Å². The van der Waals surface area contributed by atoms with Crippen molar-refractivity contribution < 1.29 is 28.6 Å². The average molecular weight is 857 g/mol. The van der Waals surface area contributed by atoms with E-state index in [-0.39, 0.29) is 31.1 Å². The van der Waals surface area contributed by atoms with E-state index in [4.69, 9.17) is 14.2 Å². The second-order valence-corrected chi connectivity index (χ2v) is 17.8. The minimum Gasteiger partial charge on any atom is -0.462 e. The third-order valence-electron chi connectivity index (χ3n) is 11.6. The maximum Gasteiger partial charge on any atom is 0.306 e. The fraction of sp³-hybridized carbons (Fsp3) is 0.836. The van der Waals surface area contributed by atoms with Gasteiger partial charge in [-0.15, -0.1) is 0 Å². The van der Waals surface area contributed by atoms with E-state index >= 15 is 0 Å². The SMILES string of the molecule is CCCC/C=C\CCCCCCCC(=O)OC[C@H](COC(=O)CCCCCCC/C=C\CCCCCCCCC)OC(=O)CCCCCCC/C=C\CCCCCCCCC. The first-order chi connectivity index (χ1) is 30.0. The molecule has 61 heavy (non-hydrogen) atoms. The van der Waals surface area contributed by atoms with Crippen LogP contribution in [0.5, 0.6) is 0 Å². The number of hydrogen-bond donors (Lipinski definition) is 0. The van der Waals surface area contributed by atoms with Crippen LogP contribution in [0, 0.1) is 0 Å². The molecule has 0 aromatic rings. The van der Waals surface area contributed by atoms with Crippen LogP contribution in [0.25, 0.3) is 0 Å². The number of carbonyl (C=O) groups is 3. The molecule has 0 bridgehead atoms. The van der Waals surface area contributed by atoms with Crippen LogP contribution in [0.3, 0.4) is 0 Å². The van der Waals surface area contributed by atoms with Gasteiger partial charge in [-0.25, -0.2) is 0 Å². The molecule has 0 saturated carbocycles. The minimum atomic E-state index is -0.780. The Bertz CT molecular complexity index is 1030. The number of allylic oxidation sites excluding steroid dienone is 6. The zero-order valence-corrected chi connectivity index (χ0v) is 40.7. The van der Waals surface area contributed by atoms with E-state index in [1.165, 1.54) is 161 Å². The molecule has 0 fully saturated rings. The fourth-order valence-electron chi connectivity index (χ4n) is 7.53. The van der Waals surface area contributed by atoms with Gasteiger partial charge < -0.3 is 14.2 Å². The quantitative estimate of drug-likeness (QED) is 0.0262. The molecule has 0 aliphatic rings. The van der Waals surface area contributed by atoms with Crippen molar-refractivity contribution in [3.63, 3.8) is 0 Å². The molecule has 6 heteroatoms. The lowest BCUT2D eigenvalue weighted by Crippen LogP contribution is -2.30. The van der Waals surface area contributed by atoms with Crippen molar-refractivity contribution >= 4 is 17.9 Å². The number of hydrogen-bond acceptors (Lipinski definition) is 6. The Morgan fingerprint density at radius 2 is 0.557 bits per heavy atom. The van der Waals surface area contributed by atoms with Gasteiger partial charge in [0.25, 0.3) is 0 Å². The molecular formula is C55H100O6. The van der Waals surface area contributed by atoms with Crippen LogP contribution < -0.4 is 0 Å². The van der Waals surface area contributed by atoms with E-state index in [0.29, 0.717) is 19.3 Å².